The maximum absolute atomic E-state index is 11.3. The van der Waals surface area contributed by atoms with Crippen molar-refractivity contribution in [2.45, 2.75) is 5.92 Å². The Balaban J connectivity index is 2.31. The first-order valence-electron chi connectivity index (χ1n) is 3.80. The molecule has 1 atom stereocenters. The van der Waals surface area contributed by atoms with Gasteiger partial charge in [-0.1, -0.05) is 18.2 Å². The van der Waals surface area contributed by atoms with Crippen LogP contribution in [0.15, 0.2) is 47.1 Å². The molecule has 0 N–H and O–H groups in total. The van der Waals surface area contributed by atoms with Crippen molar-refractivity contribution >= 4 is 5.78 Å². The predicted molar refractivity (Wildman–Crippen MR) is 44.7 cm³/mol. The van der Waals surface area contributed by atoms with Gasteiger partial charge in [-0.05, 0) is 18.2 Å². The topological polar surface area (TPSA) is 30.2 Å². The highest BCUT2D eigenvalue weighted by Gasteiger charge is 2.18. The Hall–Kier alpha value is -1.57. The summed E-state index contributed by atoms with van der Waals surface area (Å²) in [5.41, 5.74) is 0. The SMILES string of the molecule is O=C1C=CC=CC1c1ccco1. The molecule has 1 aliphatic rings. The number of hydrogen-bond donors (Lipinski definition) is 0. The minimum absolute atomic E-state index is 0.0763. The van der Waals surface area contributed by atoms with E-state index >= 15 is 0 Å². The van der Waals surface area contributed by atoms with E-state index < -0.39 is 0 Å². The lowest BCUT2D eigenvalue weighted by Gasteiger charge is -2.07. The predicted octanol–water partition coefficient (Wildman–Crippen LogP) is 2.06. The van der Waals surface area contributed by atoms with Crippen LogP contribution in [0.5, 0.6) is 0 Å². The summed E-state index contributed by atoms with van der Waals surface area (Å²) in [7, 11) is 0. The summed E-state index contributed by atoms with van der Waals surface area (Å²) >= 11 is 0. The molecule has 0 amide bonds. The number of carbonyl (C=O) groups is 1. The first-order chi connectivity index (χ1) is 5.88. The third-order valence-corrected chi connectivity index (χ3v) is 1.83. The quantitative estimate of drug-likeness (QED) is 0.629. The normalized spacial score (nSPS) is 21.7. The number of carbonyl (C=O) groups excluding carboxylic acids is 1. The van der Waals surface area contributed by atoms with Gasteiger partial charge in [0.1, 0.15) is 5.76 Å². The van der Waals surface area contributed by atoms with Gasteiger partial charge in [0.05, 0.1) is 12.2 Å². The van der Waals surface area contributed by atoms with E-state index in [0.717, 1.165) is 0 Å². The van der Waals surface area contributed by atoms with Gasteiger partial charge in [0, 0.05) is 0 Å². The molecule has 1 aromatic rings. The first kappa shape index (κ1) is 7.10. The molecule has 2 rings (SSSR count). The monoisotopic (exact) mass is 160 g/mol. The van der Waals surface area contributed by atoms with Crippen LogP contribution in [-0.4, -0.2) is 5.78 Å². The molecule has 0 bridgehead atoms. The second-order valence-electron chi connectivity index (χ2n) is 2.64. The molecular weight excluding hydrogens is 152 g/mol. The number of rotatable bonds is 1. The maximum atomic E-state index is 11.3. The Labute approximate surface area is 70.2 Å². The minimum Gasteiger partial charge on any atom is -0.468 e. The van der Waals surface area contributed by atoms with Gasteiger partial charge in [0.25, 0.3) is 0 Å². The number of allylic oxidation sites excluding steroid dienone is 4. The summed E-state index contributed by atoms with van der Waals surface area (Å²) < 4.78 is 5.14. The van der Waals surface area contributed by atoms with Crippen LogP contribution in [0.25, 0.3) is 0 Å². The molecule has 2 nitrogen and oxygen atoms in total. The third-order valence-electron chi connectivity index (χ3n) is 1.83. The number of ketones is 1. The molecule has 1 aromatic heterocycles. The highest BCUT2D eigenvalue weighted by atomic mass is 16.3. The van der Waals surface area contributed by atoms with Crippen molar-refractivity contribution in [3.8, 4) is 0 Å². The third kappa shape index (κ3) is 1.11. The van der Waals surface area contributed by atoms with Crippen LogP contribution in [0.1, 0.15) is 11.7 Å². The van der Waals surface area contributed by atoms with Crippen molar-refractivity contribution in [3.63, 3.8) is 0 Å². The Morgan fingerprint density at radius 2 is 2.25 bits per heavy atom. The van der Waals surface area contributed by atoms with Crippen LogP contribution in [0.2, 0.25) is 0 Å². The van der Waals surface area contributed by atoms with Gasteiger partial charge < -0.3 is 4.42 Å². The second-order valence-corrected chi connectivity index (χ2v) is 2.64. The molecular formula is C10H8O2. The zero-order chi connectivity index (χ0) is 8.39. The van der Waals surface area contributed by atoms with Crippen molar-refractivity contribution in [3.05, 3.63) is 48.5 Å². The molecule has 2 heteroatoms. The lowest BCUT2D eigenvalue weighted by molar-refractivity contribution is -0.115. The van der Waals surface area contributed by atoms with E-state index in [2.05, 4.69) is 0 Å². The zero-order valence-electron chi connectivity index (χ0n) is 6.44. The Morgan fingerprint density at radius 1 is 1.33 bits per heavy atom. The summed E-state index contributed by atoms with van der Waals surface area (Å²) in [6.07, 6.45) is 8.57. The van der Waals surface area contributed by atoms with Crippen LogP contribution in [0, 0.1) is 0 Å². The molecule has 0 aromatic carbocycles. The molecule has 60 valence electrons. The van der Waals surface area contributed by atoms with Crippen molar-refractivity contribution in [2.24, 2.45) is 0 Å². The van der Waals surface area contributed by atoms with Crippen LogP contribution in [-0.2, 0) is 4.79 Å². The molecule has 0 saturated carbocycles. The number of furan rings is 1. The van der Waals surface area contributed by atoms with Gasteiger partial charge in [-0.25, -0.2) is 0 Å². The molecule has 1 heterocycles. The van der Waals surface area contributed by atoms with Gasteiger partial charge >= 0.3 is 0 Å². The van der Waals surface area contributed by atoms with Crippen LogP contribution in [0.3, 0.4) is 0 Å². The lowest BCUT2D eigenvalue weighted by atomic mass is 9.97. The summed E-state index contributed by atoms with van der Waals surface area (Å²) in [6, 6.07) is 3.60. The number of hydrogen-bond acceptors (Lipinski definition) is 2. The fraction of sp³-hybridized carbons (Fsp3) is 0.100. The van der Waals surface area contributed by atoms with E-state index in [1.807, 2.05) is 18.2 Å². The zero-order valence-corrected chi connectivity index (χ0v) is 6.44. The van der Waals surface area contributed by atoms with Gasteiger partial charge in [-0.15, -0.1) is 0 Å². The minimum atomic E-state index is -0.218. The average molecular weight is 160 g/mol. The highest BCUT2D eigenvalue weighted by molar-refractivity contribution is 5.97. The smallest absolute Gasteiger partial charge is 0.170 e. The largest absolute Gasteiger partial charge is 0.468 e. The first-order valence-corrected chi connectivity index (χ1v) is 3.80. The van der Waals surface area contributed by atoms with Gasteiger partial charge in [-0.2, -0.15) is 0 Å². The van der Waals surface area contributed by atoms with E-state index in [4.69, 9.17) is 4.42 Å². The fourth-order valence-corrected chi connectivity index (χ4v) is 1.23. The van der Waals surface area contributed by atoms with Crippen molar-refractivity contribution < 1.29 is 9.21 Å². The Bertz CT molecular complexity index is 331. The molecule has 0 spiro atoms. The molecule has 0 aliphatic heterocycles. The Kier molecular flexibility index (Phi) is 1.67. The second kappa shape index (κ2) is 2.81. The highest BCUT2D eigenvalue weighted by Crippen LogP contribution is 2.21. The molecule has 1 aliphatic carbocycles. The van der Waals surface area contributed by atoms with E-state index in [9.17, 15) is 4.79 Å². The van der Waals surface area contributed by atoms with Crippen molar-refractivity contribution in [1.29, 1.82) is 0 Å². The molecule has 0 saturated heterocycles. The molecule has 12 heavy (non-hydrogen) atoms. The van der Waals surface area contributed by atoms with E-state index in [1.165, 1.54) is 0 Å². The van der Waals surface area contributed by atoms with E-state index in [-0.39, 0.29) is 11.7 Å². The van der Waals surface area contributed by atoms with Gasteiger partial charge in [0.15, 0.2) is 5.78 Å². The summed E-state index contributed by atoms with van der Waals surface area (Å²) in [5.74, 6) is 0.568. The maximum Gasteiger partial charge on any atom is 0.170 e. The van der Waals surface area contributed by atoms with Gasteiger partial charge in [-0.3, -0.25) is 4.79 Å². The molecule has 1 unspecified atom stereocenters. The van der Waals surface area contributed by atoms with E-state index in [1.54, 1.807) is 24.5 Å². The Morgan fingerprint density at radius 3 is 2.92 bits per heavy atom. The lowest BCUT2D eigenvalue weighted by Crippen LogP contribution is -2.08. The summed E-state index contributed by atoms with van der Waals surface area (Å²) in [4.78, 5) is 11.3. The van der Waals surface area contributed by atoms with Crippen LogP contribution < -0.4 is 0 Å². The summed E-state index contributed by atoms with van der Waals surface area (Å²) in [6.45, 7) is 0. The standard InChI is InChI=1S/C10H8O2/c11-9-5-2-1-4-8(9)10-6-3-7-12-10/h1-8H. The molecule has 0 fully saturated rings. The van der Waals surface area contributed by atoms with Crippen molar-refractivity contribution in [2.75, 3.05) is 0 Å². The fourth-order valence-electron chi connectivity index (χ4n) is 1.23. The summed E-state index contributed by atoms with van der Waals surface area (Å²) in [5, 5.41) is 0. The van der Waals surface area contributed by atoms with Crippen molar-refractivity contribution in [1.82, 2.24) is 0 Å². The molecule has 0 radical (unpaired) electrons. The van der Waals surface area contributed by atoms with Gasteiger partial charge in [0.2, 0.25) is 0 Å². The van der Waals surface area contributed by atoms with E-state index in [0.29, 0.717) is 5.76 Å². The average Bonchev–Trinajstić information content (AvgIpc) is 2.57. The van der Waals surface area contributed by atoms with Crippen LogP contribution in [0.4, 0.5) is 0 Å². The van der Waals surface area contributed by atoms with Crippen LogP contribution >= 0.6 is 0 Å².